The number of alkyl carbamates (subject to hydrolysis) is 1. The summed E-state index contributed by atoms with van der Waals surface area (Å²) in [4.78, 5) is 34.2. The summed E-state index contributed by atoms with van der Waals surface area (Å²) in [7, 11) is 1.15. The Morgan fingerprint density at radius 1 is 1.22 bits per heavy atom. The number of benzene rings is 1. The van der Waals surface area contributed by atoms with Crippen molar-refractivity contribution in [1.29, 1.82) is 0 Å². The van der Waals surface area contributed by atoms with Crippen LogP contribution in [0.25, 0.3) is 0 Å². The van der Waals surface area contributed by atoms with Crippen molar-refractivity contribution in [3.8, 4) is 0 Å². The van der Waals surface area contributed by atoms with E-state index in [9.17, 15) is 14.4 Å². The van der Waals surface area contributed by atoms with Gasteiger partial charge in [-0.05, 0) is 5.56 Å². The van der Waals surface area contributed by atoms with E-state index < -0.39 is 30.6 Å². The molecule has 0 fully saturated rings. The fourth-order valence-corrected chi connectivity index (χ4v) is 1.64. The van der Waals surface area contributed by atoms with E-state index in [-0.39, 0.29) is 19.6 Å². The number of hydrogen-bond donors (Lipinski definition) is 3. The average Bonchev–Trinajstić information content (AvgIpc) is 2.58. The standard InChI is InChI=1S/C15H20N2O6/c1-22-14(20)12(9-18)17-13(19)7-8-16-15(21)23-10-11-5-3-2-4-6-11/h2-6,12,18H,7-10H2,1H3,(H,16,21)(H,17,19)/t12-/m0/s1. The van der Waals surface area contributed by atoms with Gasteiger partial charge in [0.25, 0.3) is 0 Å². The van der Waals surface area contributed by atoms with Crippen LogP contribution in [0, 0.1) is 0 Å². The SMILES string of the molecule is COC(=O)[C@H](CO)NC(=O)CCNC(=O)OCc1ccccc1. The molecule has 2 amide bonds. The van der Waals surface area contributed by atoms with Crippen molar-refractivity contribution in [1.82, 2.24) is 10.6 Å². The Hall–Kier alpha value is -2.61. The van der Waals surface area contributed by atoms with Gasteiger partial charge in [-0.15, -0.1) is 0 Å². The third-order valence-corrected chi connectivity index (χ3v) is 2.84. The molecule has 1 atom stereocenters. The van der Waals surface area contributed by atoms with Crippen molar-refractivity contribution in [3.05, 3.63) is 35.9 Å². The van der Waals surface area contributed by atoms with Crippen LogP contribution in [-0.4, -0.2) is 49.4 Å². The lowest BCUT2D eigenvalue weighted by molar-refractivity contribution is -0.146. The van der Waals surface area contributed by atoms with Crippen LogP contribution in [0.5, 0.6) is 0 Å². The quantitative estimate of drug-likeness (QED) is 0.578. The minimum Gasteiger partial charge on any atom is -0.467 e. The molecule has 0 bridgehead atoms. The summed E-state index contributed by atoms with van der Waals surface area (Å²) in [6.45, 7) is -0.391. The summed E-state index contributed by atoms with van der Waals surface area (Å²) in [6, 6.07) is 8.05. The molecule has 1 rings (SSSR count). The number of amides is 2. The van der Waals surface area contributed by atoms with Crippen molar-refractivity contribution in [2.45, 2.75) is 19.1 Å². The highest BCUT2D eigenvalue weighted by molar-refractivity contribution is 5.84. The molecular weight excluding hydrogens is 304 g/mol. The molecule has 1 aromatic carbocycles. The van der Waals surface area contributed by atoms with E-state index in [4.69, 9.17) is 9.84 Å². The summed E-state index contributed by atoms with van der Waals surface area (Å²) < 4.78 is 9.39. The fourth-order valence-electron chi connectivity index (χ4n) is 1.64. The number of methoxy groups -OCH3 is 1. The molecule has 1 aromatic rings. The highest BCUT2D eigenvalue weighted by atomic mass is 16.5. The fraction of sp³-hybridized carbons (Fsp3) is 0.400. The molecule has 23 heavy (non-hydrogen) atoms. The normalized spacial score (nSPS) is 11.2. The van der Waals surface area contributed by atoms with E-state index in [0.717, 1.165) is 12.7 Å². The molecule has 0 spiro atoms. The van der Waals surface area contributed by atoms with E-state index >= 15 is 0 Å². The molecule has 0 aliphatic heterocycles. The van der Waals surface area contributed by atoms with Gasteiger partial charge in [-0.25, -0.2) is 9.59 Å². The van der Waals surface area contributed by atoms with Crippen LogP contribution in [0.3, 0.4) is 0 Å². The summed E-state index contributed by atoms with van der Waals surface area (Å²) in [5.74, 6) is -1.24. The smallest absolute Gasteiger partial charge is 0.407 e. The molecule has 0 saturated heterocycles. The molecule has 0 radical (unpaired) electrons. The van der Waals surface area contributed by atoms with Gasteiger partial charge in [0.05, 0.1) is 13.7 Å². The number of aliphatic hydroxyl groups is 1. The third kappa shape index (κ3) is 7.28. The zero-order valence-corrected chi connectivity index (χ0v) is 12.8. The van der Waals surface area contributed by atoms with Crippen molar-refractivity contribution >= 4 is 18.0 Å². The van der Waals surface area contributed by atoms with Gasteiger partial charge in [-0.2, -0.15) is 0 Å². The predicted octanol–water partition coefficient (Wildman–Crippen LogP) is -0.0470. The maximum atomic E-state index is 11.6. The van der Waals surface area contributed by atoms with Crippen LogP contribution >= 0.6 is 0 Å². The first-order chi connectivity index (χ1) is 11.1. The van der Waals surface area contributed by atoms with Gasteiger partial charge >= 0.3 is 12.1 Å². The zero-order chi connectivity index (χ0) is 17.1. The minimum absolute atomic E-state index is 0.0405. The Bertz CT molecular complexity index is 520. The monoisotopic (exact) mass is 324 g/mol. The first kappa shape index (κ1) is 18.4. The number of carbonyl (C=O) groups is 3. The number of carbonyl (C=O) groups excluding carboxylic acids is 3. The second-order valence-corrected chi connectivity index (χ2v) is 4.56. The van der Waals surface area contributed by atoms with E-state index in [1.165, 1.54) is 0 Å². The molecule has 0 unspecified atom stereocenters. The molecule has 8 nitrogen and oxygen atoms in total. The van der Waals surface area contributed by atoms with Crippen LogP contribution in [0.15, 0.2) is 30.3 Å². The van der Waals surface area contributed by atoms with Gasteiger partial charge in [0, 0.05) is 13.0 Å². The molecule has 0 aliphatic carbocycles. The van der Waals surface area contributed by atoms with E-state index in [1.807, 2.05) is 30.3 Å². The van der Waals surface area contributed by atoms with Gasteiger partial charge in [0.15, 0.2) is 6.04 Å². The van der Waals surface area contributed by atoms with Gasteiger partial charge < -0.3 is 25.2 Å². The maximum absolute atomic E-state index is 11.6. The van der Waals surface area contributed by atoms with Crippen LogP contribution in [0.1, 0.15) is 12.0 Å². The number of rotatable bonds is 8. The zero-order valence-electron chi connectivity index (χ0n) is 12.8. The highest BCUT2D eigenvalue weighted by Gasteiger charge is 2.20. The summed E-state index contributed by atoms with van der Waals surface area (Å²) in [6.07, 6.45) is -0.707. The van der Waals surface area contributed by atoms with E-state index in [2.05, 4.69) is 15.4 Å². The molecule has 0 aromatic heterocycles. The Balaban J connectivity index is 2.21. The largest absolute Gasteiger partial charge is 0.467 e. The topological polar surface area (TPSA) is 114 Å². The Morgan fingerprint density at radius 2 is 1.91 bits per heavy atom. The molecule has 126 valence electrons. The van der Waals surface area contributed by atoms with Crippen molar-refractivity contribution in [2.24, 2.45) is 0 Å². The van der Waals surface area contributed by atoms with Crippen molar-refractivity contribution in [2.75, 3.05) is 20.3 Å². The van der Waals surface area contributed by atoms with E-state index in [0.29, 0.717) is 0 Å². The maximum Gasteiger partial charge on any atom is 0.407 e. The molecule has 8 heteroatoms. The first-order valence-electron chi connectivity index (χ1n) is 6.99. The van der Waals surface area contributed by atoms with E-state index in [1.54, 1.807) is 0 Å². The number of ether oxygens (including phenoxy) is 2. The number of aliphatic hydroxyl groups excluding tert-OH is 1. The lowest BCUT2D eigenvalue weighted by Gasteiger charge is -2.13. The number of hydrogen-bond acceptors (Lipinski definition) is 6. The number of nitrogens with one attached hydrogen (secondary N) is 2. The van der Waals surface area contributed by atoms with Gasteiger partial charge in [-0.3, -0.25) is 4.79 Å². The highest BCUT2D eigenvalue weighted by Crippen LogP contribution is 2.00. The molecule has 0 saturated carbocycles. The Labute approximate surface area is 133 Å². The lowest BCUT2D eigenvalue weighted by Crippen LogP contribution is -2.44. The van der Waals surface area contributed by atoms with Crippen LogP contribution in [0.4, 0.5) is 4.79 Å². The Kier molecular flexibility index (Phi) is 8.16. The summed E-state index contributed by atoms with van der Waals surface area (Å²) in [5.41, 5.74) is 0.851. The molecule has 3 N–H and O–H groups in total. The van der Waals surface area contributed by atoms with Crippen molar-refractivity contribution < 1.29 is 29.0 Å². The van der Waals surface area contributed by atoms with Gasteiger partial charge in [-0.1, -0.05) is 30.3 Å². The first-order valence-corrected chi connectivity index (χ1v) is 6.99. The van der Waals surface area contributed by atoms with Gasteiger partial charge in [0.2, 0.25) is 5.91 Å². The molecular formula is C15H20N2O6. The third-order valence-electron chi connectivity index (χ3n) is 2.84. The second kappa shape index (κ2) is 10.2. The predicted molar refractivity (Wildman–Crippen MR) is 80.3 cm³/mol. The average molecular weight is 324 g/mol. The van der Waals surface area contributed by atoms with Crippen LogP contribution in [0.2, 0.25) is 0 Å². The van der Waals surface area contributed by atoms with Crippen LogP contribution in [-0.2, 0) is 25.7 Å². The van der Waals surface area contributed by atoms with Crippen LogP contribution < -0.4 is 10.6 Å². The minimum atomic E-state index is -1.11. The number of esters is 1. The second-order valence-electron chi connectivity index (χ2n) is 4.56. The summed E-state index contributed by atoms with van der Waals surface area (Å²) >= 11 is 0. The van der Waals surface area contributed by atoms with Crippen molar-refractivity contribution in [3.63, 3.8) is 0 Å². The van der Waals surface area contributed by atoms with Gasteiger partial charge in [0.1, 0.15) is 6.61 Å². The molecule has 0 aliphatic rings. The summed E-state index contributed by atoms with van der Waals surface area (Å²) in [5, 5.41) is 13.7. The Morgan fingerprint density at radius 3 is 2.52 bits per heavy atom. The molecule has 0 heterocycles. The lowest BCUT2D eigenvalue weighted by atomic mass is 10.2.